The number of aromatic nitrogens is 1. The van der Waals surface area contributed by atoms with Crippen molar-refractivity contribution in [2.24, 2.45) is 5.41 Å². The molecule has 0 saturated carbocycles. The van der Waals surface area contributed by atoms with Gasteiger partial charge in [0.1, 0.15) is 0 Å². The average Bonchev–Trinajstić information content (AvgIpc) is 2.48. The summed E-state index contributed by atoms with van der Waals surface area (Å²) in [6.45, 7) is 6.62. The highest BCUT2D eigenvalue weighted by atomic mass is 32.1. The lowest BCUT2D eigenvalue weighted by Gasteiger charge is -2.17. The van der Waals surface area contributed by atoms with Crippen molar-refractivity contribution in [3.05, 3.63) is 33.4 Å². The molecule has 0 aliphatic rings. The molecule has 2 aromatic rings. The molecule has 0 aromatic carbocycles. The summed E-state index contributed by atoms with van der Waals surface area (Å²) in [7, 11) is 0. The Morgan fingerprint density at radius 3 is 2.80 bits per heavy atom. The Labute approximate surface area is 93.0 Å². The maximum atomic E-state index is 11.5. The molecule has 0 bridgehead atoms. The standard InChI is InChI=1S/C12H15NOS/c1-12(2,3)6-8-7-15-11-9(14)4-5-13-10(8)11/h4-5,7H,6H2,1-3H3,(H,13,14). The maximum Gasteiger partial charge on any atom is 0.199 e. The predicted molar refractivity (Wildman–Crippen MR) is 65.6 cm³/mol. The molecule has 0 amide bonds. The van der Waals surface area contributed by atoms with Crippen LogP contribution in [-0.4, -0.2) is 4.98 Å². The smallest absolute Gasteiger partial charge is 0.199 e. The summed E-state index contributed by atoms with van der Waals surface area (Å²) in [5.74, 6) is 0. The molecule has 0 radical (unpaired) electrons. The van der Waals surface area contributed by atoms with E-state index in [4.69, 9.17) is 0 Å². The van der Waals surface area contributed by atoms with E-state index in [-0.39, 0.29) is 10.8 Å². The van der Waals surface area contributed by atoms with Gasteiger partial charge in [-0.3, -0.25) is 4.79 Å². The van der Waals surface area contributed by atoms with Crippen LogP contribution in [0.15, 0.2) is 22.4 Å². The predicted octanol–water partition coefficient (Wildman–Crippen LogP) is 3.18. The van der Waals surface area contributed by atoms with E-state index in [2.05, 4.69) is 31.1 Å². The van der Waals surface area contributed by atoms with Gasteiger partial charge in [-0.1, -0.05) is 20.8 Å². The second-order valence-corrected chi connectivity index (χ2v) is 5.92. The maximum absolute atomic E-state index is 11.5. The number of H-pyrrole nitrogens is 1. The highest BCUT2D eigenvalue weighted by molar-refractivity contribution is 7.17. The van der Waals surface area contributed by atoms with Crippen LogP contribution in [-0.2, 0) is 6.42 Å². The van der Waals surface area contributed by atoms with E-state index in [9.17, 15) is 4.79 Å². The van der Waals surface area contributed by atoms with Crippen molar-refractivity contribution in [2.75, 3.05) is 0 Å². The molecule has 0 spiro atoms. The normalized spacial score (nSPS) is 12.2. The fourth-order valence-corrected chi connectivity index (χ4v) is 2.66. The third-order valence-electron chi connectivity index (χ3n) is 2.27. The zero-order valence-electron chi connectivity index (χ0n) is 9.26. The van der Waals surface area contributed by atoms with Gasteiger partial charge >= 0.3 is 0 Å². The molecule has 0 unspecified atom stereocenters. The molecular formula is C12H15NOS. The molecule has 3 heteroatoms. The monoisotopic (exact) mass is 221 g/mol. The van der Waals surface area contributed by atoms with Crippen LogP contribution in [0.3, 0.4) is 0 Å². The number of hydrogen-bond acceptors (Lipinski definition) is 2. The molecule has 0 fully saturated rings. The summed E-state index contributed by atoms with van der Waals surface area (Å²) in [6.07, 6.45) is 2.72. The summed E-state index contributed by atoms with van der Waals surface area (Å²) in [5.41, 5.74) is 2.64. The SMILES string of the molecule is CC(C)(C)Cc1csc2c(=O)cc[nH]c12. The van der Waals surface area contributed by atoms with Crippen molar-refractivity contribution >= 4 is 21.6 Å². The fourth-order valence-electron chi connectivity index (χ4n) is 1.71. The van der Waals surface area contributed by atoms with Crippen LogP contribution < -0.4 is 5.43 Å². The molecule has 2 aromatic heterocycles. The largest absolute Gasteiger partial charge is 0.360 e. The minimum Gasteiger partial charge on any atom is -0.360 e. The Morgan fingerprint density at radius 2 is 2.13 bits per heavy atom. The number of pyridine rings is 1. The Morgan fingerprint density at radius 1 is 1.40 bits per heavy atom. The first-order valence-corrected chi connectivity index (χ1v) is 5.93. The molecule has 1 N–H and O–H groups in total. The zero-order valence-corrected chi connectivity index (χ0v) is 10.1. The van der Waals surface area contributed by atoms with E-state index < -0.39 is 0 Å². The minimum atomic E-state index is 0.119. The molecule has 0 aliphatic heterocycles. The summed E-state index contributed by atoms with van der Waals surface area (Å²) in [6, 6.07) is 1.58. The number of rotatable bonds is 1. The summed E-state index contributed by atoms with van der Waals surface area (Å²) in [4.78, 5) is 14.7. The van der Waals surface area contributed by atoms with E-state index in [1.807, 2.05) is 0 Å². The van der Waals surface area contributed by atoms with E-state index >= 15 is 0 Å². The molecular weight excluding hydrogens is 206 g/mol. The van der Waals surface area contributed by atoms with Gasteiger partial charge in [0.25, 0.3) is 0 Å². The van der Waals surface area contributed by atoms with Gasteiger partial charge in [-0.2, -0.15) is 0 Å². The Bertz CT molecular complexity index is 530. The van der Waals surface area contributed by atoms with E-state index in [1.165, 1.54) is 16.9 Å². The summed E-state index contributed by atoms with van der Waals surface area (Å²) >= 11 is 1.54. The lowest BCUT2D eigenvalue weighted by molar-refractivity contribution is 0.413. The zero-order chi connectivity index (χ0) is 11.1. The molecule has 2 heterocycles. The quantitative estimate of drug-likeness (QED) is 0.788. The summed E-state index contributed by atoms with van der Waals surface area (Å²) < 4.78 is 0.844. The highest BCUT2D eigenvalue weighted by Crippen LogP contribution is 2.27. The van der Waals surface area contributed by atoms with Gasteiger partial charge in [-0.25, -0.2) is 0 Å². The topological polar surface area (TPSA) is 32.9 Å². The van der Waals surface area contributed by atoms with Crippen LogP contribution in [0.2, 0.25) is 0 Å². The Kier molecular flexibility index (Phi) is 2.43. The lowest BCUT2D eigenvalue weighted by atomic mass is 9.89. The molecule has 0 aliphatic carbocycles. The Balaban J connectivity index is 2.55. The van der Waals surface area contributed by atoms with E-state index in [0.717, 1.165) is 16.6 Å². The van der Waals surface area contributed by atoms with Crippen LogP contribution in [0, 0.1) is 5.41 Å². The summed E-state index contributed by atoms with van der Waals surface area (Å²) in [5, 5.41) is 2.09. The van der Waals surface area contributed by atoms with Crippen LogP contribution in [0.1, 0.15) is 26.3 Å². The first-order valence-electron chi connectivity index (χ1n) is 5.05. The second-order valence-electron chi connectivity index (χ2n) is 5.04. The molecule has 2 rings (SSSR count). The molecule has 80 valence electrons. The number of aromatic amines is 1. The van der Waals surface area contributed by atoms with Crippen molar-refractivity contribution in [3.8, 4) is 0 Å². The molecule has 2 nitrogen and oxygen atoms in total. The average molecular weight is 221 g/mol. The minimum absolute atomic E-state index is 0.119. The second kappa shape index (κ2) is 3.49. The van der Waals surface area contributed by atoms with Crippen molar-refractivity contribution in [1.82, 2.24) is 4.98 Å². The number of fused-ring (bicyclic) bond motifs is 1. The third kappa shape index (κ3) is 2.12. The van der Waals surface area contributed by atoms with Crippen molar-refractivity contribution in [2.45, 2.75) is 27.2 Å². The first kappa shape index (κ1) is 10.4. The van der Waals surface area contributed by atoms with Crippen LogP contribution in [0.4, 0.5) is 0 Å². The van der Waals surface area contributed by atoms with Crippen molar-refractivity contribution in [1.29, 1.82) is 0 Å². The van der Waals surface area contributed by atoms with Crippen LogP contribution in [0.25, 0.3) is 10.2 Å². The number of thiophene rings is 1. The Hall–Kier alpha value is -1.09. The molecule has 0 atom stereocenters. The van der Waals surface area contributed by atoms with Gasteiger partial charge in [0, 0.05) is 12.3 Å². The number of nitrogens with one attached hydrogen (secondary N) is 1. The molecule has 15 heavy (non-hydrogen) atoms. The van der Waals surface area contributed by atoms with Gasteiger partial charge in [-0.05, 0) is 22.8 Å². The van der Waals surface area contributed by atoms with Crippen molar-refractivity contribution in [3.63, 3.8) is 0 Å². The van der Waals surface area contributed by atoms with Gasteiger partial charge in [-0.15, -0.1) is 11.3 Å². The van der Waals surface area contributed by atoms with Gasteiger partial charge in [0.05, 0.1) is 10.2 Å². The van der Waals surface area contributed by atoms with Crippen molar-refractivity contribution < 1.29 is 0 Å². The highest BCUT2D eigenvalue weighted by Gasteiger charge is 2.15. The van der Waals surface area contributed by atoms with Crippen LogP contribution in [0.5, 0.6) is 0 Å². The van der Waals surface area contributed by atoms with E-state index in [0.29, 0.717) is 0 Å². The lowest BCUT2D eigenvalue weighted by Crippen LogP contribution is -2.09. The van der Waals surface area contributed by atoms with Gasteiger partial charge in [0.15, 0.2) is 5.43 Å². The van der Waals surface area contributed by atoms with E-state index in [1.54, 1.807) is 12.3 Å². The number of hydrogen-bond donors (Lipinski definition) is 1. The first-order chi connectivity index (χ1) is 6.97. The van der Waals surface area contributed by atoms with Gasteiger partial charge in [0.2, 0.25) is 0 Å². The fraction of sp³-hybridized carbons (Fsp3) is 0.417. The van der Waals surface area contributed by atoms with Gasteiger partial charge < -0.3 is 4.98 Å². The van der Waals surface area contributed by atoms with Crippen LogP contribution >= 0.6 is 11.3 Å². The third-order valence-corrected chi connectivity index (χ3v) is 3.32. The molecule has 0 saturated heterocycles.